The highest BCUT2D eigenvalue weighted by atomic mass is 35.5. The Morgan fingerprint density at radius 2 is 2.35 bits per heavy atom. The summed E-state index contributed by atoms with van der Waals surface area (Å²) in [6, 6.07) is 5.21. The molecule has 7 heteroatoms. The van der Waals surface area contributed by atoms with Gasteiger partial charge >= 0.3 is 0 Å². The summed E-state index contributed by atoms with van der Waals surface area (Å²) >= 11 is 7.12. The number of rotatable bonds is 5. The van der Waals surface area contributed by atoms with Crippen LogP contribution in [0.5, 0.6) is 0 Å². The third kappa shape index (κ3) is 3.39. The van der Waals surface area contributed by atoms with E-state index in [1.165, 1.54) is 11.3 Å². The fourth-order valence-electron chi connectivity index (χ4n) is 1.86. The number of amides is 1. The van der Waals surface area contributed by atoms with Crippen molar-refractivity contribution < 1.29 is 9.90 Å². The first-order valence-electron chi connectivity index (χ1n) is 6.27. The highest BCUT2D eigenvalue weighted by Crippen LogP contribution is 2.26. The molecule has 0 aliphatic rings. The third-order valence-electron chi connectivity index (χ3n) is 2.81. The second-order valence-electron chi connectivity index (χ2n) is 4.35. The zero-order valence-corrected chi connectivity index (χ0v) is 12.8. The Hall–Kier alpha value is -1.37. The zero-order chi connectivity index (χ0) is 14.7. The molecule has 0 fully saturated rings. The summed E-state index contributed by atoms with van der Waals surface area (Å²) < 4.78 is 2.25. The molecule has 0 aromatic carbocycles. The van der Waals surface area contributed by atoms with Crippen LogP contribution in [0.1, 0.15) is 34.1 Å². The molecule has 0 saturated heterocycles. The summed E-state index contributed by atoms with van der Waals surface area (Å²) in [5.41, 5.74) is 1.30. The number of nitrogens with zero attached hydrogens (tertiary/aromatic N) is 2. The number of thiophene rings is 1. The Bertz CT molecular complexity index is 609. The van der Waals surface area contributed by atoms with Crippen molar-refractivity contribution in [2.75, 3.05) is 6.54 Å². The predicted molar refractivity (Wildman–Crippen MR) is 79.3 cm³/mol. The average Bonchev–Trinajstić information content (AvgIpc) is 3.01. The Balaban J connectivity index is 1.98. The van der Waals surface area contributed by atoms with Crippen molar-refractivity contribution in [3.63, 3.8) is 0 Å². The molecule has 5 nitrogen and oxygen atoms in total. The molecule has 1 amide bonds. The van der Waals surface area contributed by atoms with Crippen LogP contribution in [0.4, 0.5) is 0 Å². The van der Waals surface area contributed by atoms with Crippen molar-refractivity contribution in [2.45, 2.75) is 26.5 Å². The Morgan fingerprint density at radius 1 is 1.60 bits per heavy atom. The monoisotopic (exact) mass is 313 g/mol. The number of aryl methyl sites for hydroxylation is 2. The molecule has 0 saturated carbocycles. The standard InChI is InChI=1S/C13H16ClN3O2S/c1-3-17-9(6-8(2)16-17)13(19)15-7-10(18)11-4-5-12(14)20-11/h4-6,10,18H,3,7H2,1-2H3,(H,15,19)/t10-/m1/s1. The van der Waals surface area contributed by atoms with Gasteiger partial charge in [-0.25, -0.2) is 0 Å². The summed E-state index contributed by atoms with van der Waals surface area (Å²) in [6.07, 6.45) is -0.754. The predicted octanol–water partition coefficient (Wildman–Crippen LogP) is 2.39. The number of halogens is 1. The van der Waals surface area contributed by atoms with Gasteiger partial charge < -0.3 is 10.4 Å². The Labute approximate surface area is 126 Å². The summed E-state index contributed by atoms with van der Waals surface area (Å²) in [5.74, 6) is -0.242. The van der Waals surface area contributed by atoms with Gasteiger partial charge in [0, 0.05) is 18.0 Å². The van der Waals surface area contributed by atoms with Crippen LogP contribution in [0.2, 0.25) is 4.34 Å². The number of hydrogen-bond acceptors (Lipinski definition) is 4. The first-order chi connectivity index (χ1) is 9.51. The van der Waals surface area contributed by atoms with E-state index in [1.54, 1.807) is 22.9 Å². The number of carbonyl (C=O) groups excluding carboxylic acids is 1. The zero-order valence-electron chi connectivity index (χ0n) is 11.3. The van der Waals surface area contributed by atoms with Crippen molar-refractivity contribution in [3.8, 4) is 0 Å². The first kappa shape index (κ1) is 15.0. The van der Waals surface area contributed by atoms with Gasteiger partial charge in [0.25, 0.3) is 5.91 Å². The maximum absolute atomic E-state index is 12.1. The SMILES string of the molecule is CCn1nc(C)cc1C(=O)NC[C@@H](O)c1ccc(Cl)s1. The summed E-state index contributed by atoms with van der Waals surface area (Å²) in [6.45, 7) is 4.53. The van der Waals surface area contributed by atoms with Crippen molar-refractivity contribution in [1.29, 1.82) is 0 Å². The topological polar surface area (TPSA) is 67.2 Å². The minimum absolute atomic E-state index is 0.142. The van der Waals surface area contributed by atoms with E-state index in [0.29, 0.717) is 16.6 Å². The quantitative estimate of drug-likeness (QED) is 0.890. The van der Waals surface area contributed by atoms with E-state index < -0.39 is 6.10 Å². The van der Waals surface area contributed by atoms with Crippen LogP contribution in [-0.2, 0) is 6.54 Å². The minimum atomic E-state index is -0.754. The molecule has 2 heterocycles. The van der Waals surface area contributed by atoms with E-state index in [9.17, 15) is 9.90 Å². The molecule has 0 bridgehead atoms. The lowest BCUT2D eigenvalue weighted by atomic mass is 10.3. The lowest BCUT2D eigenvalue weighted by Gasteiger charge is -2.10. The smallest absolute Gasteiger partial charge is 0.269 e. The van der Waals surface area contributed by atoms with Gasteiger partial charge in [-0.15, -0.1) is 11.3 Å². The van der Waals surface area contributed by atoms with Gasteiger partial charge in [0.05, 0.1) is 10.0 Å². The summed E-state index contributed by atoms with van der Waals surface area (Å²) in [5, 5.41) is 16.9. The molecule has 2 aromatic rings. The molecule has 0 aliphatic carbocycles. The molecule has 2 aromatic heterocycles. The van der Waals surface area contributed by atoms with Crippen LogP contribution >= 0.6 is 22.9 Å². The molecule has 108 valence electrons. The lowest BCUT2D eigenvalue weighted by molar-refractivity contribution is 0.0907. The van der Waals surface area contributed by atoms with E-state index in [4.69, 9.17) is 11.6 Å². The highest BCUT2D eigenvalue weighted by molar-refractivity contribution is 7.16. The van der Waals surface area contributed by atoms with Gasteiger partial charge in [-0.3, -0.25) is 9.48 Å². The van der Waals surface area contributed by atoms with E-state index in [-0.39, 0.29) is 12.5 Å². The minimum Gasteiger partial charge on any atom is -0.386 e. The van der Waals surface area contributed by atoms with E-state index >= 15 is 0 Å². The molecule has 0 unspecified atom stereocenters. The number of hydrogen-bond donors (Lipinski definition) is 2. The number of aromatic nitrogens is 2. The molecule has 2 N–H and O–H groups in total. The fraction of sp³-hybridized carbons (Fsp3) is 0.385. The molecule has 0 radical (unpaired) electrons. The second-order valence-corrected chi connectivity index (χ2v) is 6.10. The van der Waals surface area contributed by atoms with Crippen molar-refractivity contribution in [2.24, 2.45) is 0 Å². The number of aliphatic hydroxyl groups is 1. The Kier molecular flexibility index (Phi) is 4.80. The van der Waals surface area contributed by atoms with E-state index in [2.05, 4.69) is 10.4 Å². The van der Waals surface area contributed by atoms with Crippen LogP contribution in [0.3, 0.4) is 0 Å². The van der Waals surface area contributed by atoms with Gasteiger partial charge in [-0.05, 0) is 32.0 Å². The number of carbonyl (C=O) groups is 1. The van der Waals surface area contributed by atoms with Gasteiger partial charge in [0.1, 0.15) is 11.8 Å². The molecule has 0 aliphatic heterocycles. The molecule has 0 spiro atoms. The summed E-state index contributed by atoms with van der Waals surface area (Å²) in [4.78, 5) is 12.8. The van der Waals surface area contributed by atoms with Crippen LogP contribution in [-0.4, -0.2) is 27.3 Å². The van der Waals surface area contributed by atoms with Gasteiger partial charge in [0.15, 0.2) is 0 Å². The molecular weight excluding hydrogens is 298 g/mol. The number of nitrogens with one attached hydrogen (secondary N) is 1. The highest BCUT2D eigenvalue weighted by Gasteiger charge is 2.16. The van der Waals surface area contributed by atoms with Gasteiger partial charge in [-0.1, -0.05) is 11.6 Å². The molecule has 2 rings (SSSR count). The average molecular weight is 314 g/mol. The van der Waals surface area contributed by atoms with E-state index in [0.717, 1.165) is 10.6 Å². The lowest BCUT2D eigenvalue weighted by Crippen LogP contribution is -2.30. The van der Waals surface area contributed by atoms with Crippen molar-refractivity contribution in [3.05, 3.63) is 38.8 Å². The van der Waals surface area contributed by atoms with Crippen molar-refractivity contribution >= 4 is 28.8 Å². The van der Waals surface area contributed by atoms with E-state index in [1.807, 2.05) is 13.8 Å². The first-order valence-corrected chi connectivity index (χ1v) is 7.46. The third-order valence-corrected chi connectivity index (χ3v) is 4.15. The second kappa shape index (κ2) is 6.39. The summed E-state index contributed by atoms with van der Waals surface area (Å²) in [7, 11) is 0. The maximum atomic E-state index is 12.1. The molecular formula is C13H16ClN3O2S. The normalized spacial score (nSPS) is 12.4. The van der Waals surface area contributed by atoms with Gasteiger partial charge in [-0.2, -0.15) is 5.10 Å². The molecule has 1 atom stereocenters. The Morgan fingerprint density at radius 3 is 2.95 bits per heavy atom. The molecule has 20 heavy (non-hydrogen) atoms. The van der Waals surface area contributed by atoms with Crippen LogP contribution in [0.15, 0.2) is 18.2 Å². The van der Waals surface area contributed by atoms with Crippen LogP contribution in [0.25, 0.3) is 0 Å². The van der Waals surface area contributed by atoms with Crippen LogP contribution < -0.4 is 5.32 Å². The fourth-order valence-corrected chi connectivity index (χ4v) is 2.90. The largest absolute Gasteiger partial charge is 0.386 e. The number of aliphatic hydroxyl groups excluding tert-OH is 1. The maximum Gasteiger partial charge on any atom is 0.269 e. The van der Waals surface area contributed by atoms with Crippen molar-refractivity contribution in [1.82, 2.24) is 15.1 Å². The van der Waals surface area contributed by atoms with Crippen LogP contribution in [0, 0.1) is 6.92 Å². The van der Waals surface area contributed by atoms with Gasteiger partial charge in [0.2, 0.25) is 0 Å².